The number of para-hydroxylation sites is 1. The molecule has 0 saturated heterocycles. The number of likely N-dealkylation sites (N-methyl/N-ethyl adjacent to an activating group) is 1. The molecule has 3 N–H and O–H groups in total. The Balaban J connectivity index is 1.94. The molecule has 0 fully saturated rings. The molecule has 2 aromatic rings. The van der Waals surface area contributed by atoms with Gasteiger partial charge < -0.3 is 11.1 Å². The van der Waals surface area contributed by atoms with Crippen LogP contribution < -0.4 is 11.1 Å². The van der Waals surface area contributed by atoms with Gasteiger partial charge in [-0.1, -0.05) is 23.7 Å². The second-order valence-corrected chi connectivity index (χ2v) is 6.64. The van der Waals surface area contributed by atoms with Crippen LogP contribution >= 0.6 is 22.9 Å². The molecule has 0 saturated carbocycles. The number of primary amides is 1. The van der Waals surface area contributed by atoms with Crippen LogP contribution in [0.15, 0.2) is 36.4 Å². The van der Waals surface area contributed by atoms with Gasteiger partial charge in [0.15, 0.2) is 0 Å². The van der Waals surface area contributed by atoms with Crippen molar-refractivity contribution in [3.63, 3.8) is 0 Å². The lowest BCUT2D eigenvalue weighted by molar-refractivity contribution is -0.117. The lowest BCUT2D eigenvalue weighted by Gasteiger charge is -2.16. The molecule has 0 spiro atoms. The molecule has 0 bridgehead atoms. The van der Waals surface area contributed by atoms with Gasteiger partial charge in [0, 0.05) is 11.4 Å². The standard InChI is InChI=1S/C15H16ClN3O2S/c1-19(8-10-6-7-13(16)22-10)9-14(20)18-12-5-3-2-4-11(12)15(17)21/h2-7H,8-9H2,1H3,(H2,17,21)(H,18,20). The molecule has 5 nitrogen and oxygen atoms in total. The van der Waals surface area contributed by atoms with Gasteiger partial charge in [0.1, 0.15) is 0 Å². The number of hydrogen-bond acceptors (Lipinski definition) is 4. The number of halogens is 1. The molecule has 116 valence electrons. The van der Waals surface area contributed by atoms with Crippen molar-refractivity contribution in [2.45, 2.75) is 6.54 Å². The summed E-state index contributed by atoms with van der Waals surface area (Å²) in [7, 11) is 1.84. The fourth-order valence-electron chi connectivity index (χ4n) is 2.00. The van der Waals surface area contributed by atoms with Gasteiger partial charge in [0.05, 0.1) is 22.1 Å². The first-order valence-corrected chi connectivity index (χ1v) is 7.76. The van der Waals surface area contributed by atoms with E-state index in [4.69, 9.17) is 17.3 Å². The summed E-state index contributed by atoms with van der Waals surface area (Å²) in [6, 6.07) is 10.4. The fraction of sp³-hybridized carbons (Fsp3) is 0.200. The third kappa shape index (κ3) is 4.56. The third-order valence-electron chi connectivity index (χ3n) is 2.93. The van der Waals surface area contributed by atoms with Crippen LogP contribution in [-0.4, -0.2) is 30.3 Å². The van der Waals surface area contributed by atoms with Crippen LogP contribution in [0.25, 0.3) is 0 Å². The van der Waals surface area contributed by atoms with E-state index in [0.717, 1.165) is 9.21 Å². The first-order chi connectivity index (χ1) is 10.5. The molecular formula is C15H16ClN3O2S. The minimum Gasteiger partial charge on any atom is -0.366 e. The highest BCUT2D eigenvalue weighted by Crippen LogP contribution is 2.22. The maximum absolute atomic E-state index is 12.1. The van der Waals surface area contributed by atoms with Gasteiger partial charge in [-0.05, 0) is 31.3 Å². The number of anilines is 1. The molecule has 1 aromatic carbocycles. The van der Waals surface area contributed by atoms with Crippen LogP contribution in [0.1, 0.15) is 15.2 Å². The number of nitrogens with one attached hydrogen (secondary N) is 1. The number of rotatable bonds is 6. The lowest BCUT2D eigenvalue weighted by Crippen LogP contribution is -2.30. The Morgan fingerprint density at radius 1 is 1.27 bits per heavy atom. The maximum atomic E-state index is 12.1. The van der Waals surface area contributed by atoms with Gasteiger partial charge in [0.2, 0.25) is 5.91 Å². The monoisotopic (exact) mass is 337 g/mol. The lowest BCUT2D eigenvalue weighted by atomic mass is 10.1. The van der Waals surface area contributed by atoms with Crippen molar-refractivity contribution in [2.24, 2.45) is 5.73 Å². The Labute approximate surface area is 137 Å². The van der Waals surface area contributed by atoms with Crippen LogP contribution in [-0.2, 0) is 11.3 Å². The molecule has 2 amide bonds. The van der Waals surface area contributed by atoms with Gasteiger partial charge in [-0.2, -0.15) is 0 Å². The molecule has 0 aliphatic heterocycles. The SMILES string of the molecule is CN(CC(=O)Nc1ccccc1C(N)=O)Cc1ccc(Cl)s1. The highest BCUT2D eigenvalue weighted by molar-refractivity contribution is 7.16. The summed E-state index contributed by atoms with van der Waals surface area (Å²) in [6.45, 7) is 0.824. The summed E-state index contributed by atoms with van der Waals surface area (Å²) in [5.74, 6) is -0.781. The van der Waals surface area contributed by atoms with Crippen molar-refractivity contribution in [3.05, 3.63) is 51.2 Å². The number of nitrogens with two attached hydrogens (primary N) is 1. The summed E-state index contributed by atoms with van der Waals surface area (Å²) >= 11 is 7.37. The van der Waals surface area contributed by atoms with Crippen LogP contribution in [0, 0.1) is 0 Å². The highest BCUT2D eigenvalue weighted by Gasteiger charge is 2.12. The number of carbonyl (C=O) groups is 2. The topological polar surface area (TPSA) is 75.4 Å². The second kappa shape index (κ2) is 7.40. The van der Waals surface area contributed by atoms with Gasteiger partial charge >= 0.3 is 0 Å². The molecule has 0 aliphatic carbocycles. The molecule has 1 heterocycles. The van der Waals surface area contributed by atoms with Gasteiger partial charge in [-0.3, -0.25) is 14.5 Å². The Kier molecular flexibility index (Phi) is 5.54. The van der Waals surface area contributed by atoms with E-state index in [-0.39, 0.29) is 12.5 Å². The summed E-state index contributed by atoms with van der Waals surface area (Å²) in [4.78, 5) is 26.3. The predicted octanol–water partition coefficient (Wildman–Crippen LogP) is 2.57. The second-order valence-electron chi connectivity index (χ2n) is 4.84. The molecule has 2 rings (SSSR count). The van der Waals surface area contributed by atoms with Crippen LogP contribution in [0.4, 0.5) is 5.69 Å². The summed E-state index contributed by atoms with van der Waals surface area (Å²) in [5, 5.41) is 2.71. The minimum absolute atomic E-state index is 0.197. The van der Waals surface area contributed by atoms with E-state index in [0.29, 0.717) is 17.8 Å². The molecule has 7 heteroatoms. The van der Waals surface area contributed by atoms with Gasteiger partial charge in [-0.15, -0.1) is 11.3 Å². The number of thiophene rings is 1. The van der Waals surface area contributed by atoms with E-state index in [1.807, 2.05) is 24.1 Å². The van der Waals surface area contributed by atoms with Crippen LogP contribution in [0.2, 0.25) is 4.34 Å². The first kappa shape index (κ1) is 16.5. The van der Waals surface area contributed by atoms with E-state index in [2.05, 4.69) is 5.32 Å². The fourth-order valence-corrected chi connectivity index (χ4v) is 3.17. The first-order valence-electron chi connectivity index (χ1n) is 6.57. The van der Waals surface area contributed by atoms with Crippen molar-refractivity contribution in [1.29, 1.82) is 0 Å². The number of nitrogens with zero attached hydrogens (tertiary/aromatic N) is 1. The molecule has 22 heavy (non-hydrogen) atoms. The van der Waals surface area contributed by atoms with Crippen LogP contribution in [0.5, 0.6) is 0 Å². The zero-order chi connectivity index (χ0) is 16.1. The van der Waals surface area contributed by atoms with E-state index in [1.54, 1.807) is 24.3 Å². The van der Waals surface area contributed by atoms with Crippen molar-refractivity contribution < 1.29 is 9.59 Å². The van der Waals surface area contributed by atoms with E-state index < -0.39 is 5.91 Å². The Morgan fingerprint density at radius 3 is 2.64 bits per heavy atom. The molecule has 0 radical (unpaired) electrons. The maximum Gasteiger partial charge on any atom is 0.250 e. The van der Waals surface area contributed by atoms with Crippen LogP contribution in [0.3, 0.4) is 0 Å². The molecule has 1 aromatic heterocycles. The predicted molar refractivity (Wildman–Crippen MR) is 89.3 cm³/mol. The zero-order valence-electron chi connectivity index (χ0n) is 12.0. The number of carbonyl (C=O) groups excluding carboxylic acids is 2. The largest absolute Gasteiger partial charge is 0.366 e. The zero-order valence-corrected chi connectivity index (χ0v) is 13.6. The highest BCUT2D eigenvalue weighted by atomic mass is 35.5. The molecular weight excluding hydrogens is 322 g/mol. The Hall–Kier alpha value is -1.89. The van der Waals surface area contributed by atoms with E-state index in [9.17, 15) is 9.59 Å². The minimum atomic E-state index is -0.572. The van der Waals surface area contributed by atoms with Crippen molar-refractivity contribution in [3.8, 4) is 0 Å². The number of benzene rings is 1. The van der Waals surface area contributed by atoms with Crippen molar-refractivity contribution in [2.75, 3.05) is 18.9 Å². The van der Waals surface area contributed by atoms with Crippen molar-refractivity contribution >= 4 is 40.4 Å². The average Bonchev–Trinajstić information content (AvgIpc) is 2.83. The summed E-state index contributed by atoms with van der Waals surface area (Å²) in [6.07, 6.45) is 0. The summed E-state index contributed by atoms with van der Waals surface area (Å²) < 4.78 is 0.725. The van der Waals surface area contributed by atoms with Gasteiger partial charge in [-0.25, -0.2) is 0 Å². The number of amides is 2. The number of hydrogen-bond donors (Lipinski definition) is 2. The van der Waals surface area contributed by atoms with Gasteiger partial charge in [0.25, 0.3) is 5.91 Å². The molecule has 0 atom stereocenters. The smallest absolute Gasteiger partial charge is 0.250 e. The third-order valence-corrected chi connectivity index (χ3v) is 4.15. The molecule has 0 aliphatic rings. The van der Waals surface area contributed by atoms with Crippen molar-refractivity contribution in [1.82, 2.24) is 4.90 Å². The molecule has 0 unspecified atom stereocenters. The van der Waals surface area contributed by atoms with E-state index in [1.165, 1.54) is 11.3 Å². The Morgan fingerprint density at radius 2 is 2.00 bits per heavy atom. The average molecular weight is 338 g/mol. The summed E-state index contributed by atoms with van der Waals surface area (Å²) in [5.41, 5.74) is 6.00. The quantitative estimate of drug-likeness (QED) is 0.850. The van der Waals surface area contributed by atoms with E-state index >= 15 is 0 Å². The Bertz CT molecular complexity index is 687. The normalized spacial score (nSPS) is 10.7.